The van der Waals surface area contributed by atoms with Gasteiger partial charge in [0.1, 0.15) is 6.54 Å². The van der Waals surface area contributed by atoms with E-state index in [0.29, 0.717) is 0 Å². The molecular formula is C21H43N4+. The van der Waals surface area contributed by atoms with Crippen molar-refractivity contribution in [2.45, 2.75) is 117 Å². The maximum absolute atomic E-state index is 4.88. The molecule has 0 aromatic carbocycles. The van der Waals surface area contributed by atoms with Crippen molar-refractivity contribution in [2.24, 2.45) is 0 Å². The van der Waals surface area contributed by atoms with Crippen molar-refractivity contribution in [3.63, 3.8) is 0 Å². The fraction of sp³-hybridized carbons (Fsp3) is 0.905. The molecule has 0 aliphatic heterocycles. The van der Waals surface area contributed by atoms with Gasteiger partial charge in [-0.1, -0.05) is 78.1 Å². The Labute approximate surface area is 156 Å². The third kappa shape index (κ3) is 8.24. The monoisotopic (exact) mass is 351 g/mol. The van der Waals surface area contributed by atoms with Gasteiger partial charge in [-0.25, -0.2) is 0 Å². The van der Waals surface area contributed by atoms with Crippen LogP contribution in [-0.4, -0.2) is 16.8 Å². The summed E-state index contributed by atoms with van der Waals surface area (Å²) in [5.74, 6) is 2.56. The van der Waals surface area contributed by atoms with E-state index in [0.717, 1.165) is 19.4 Å². The maximum atomic E-state index is 4.88. The van der Waals surface area contributed by atoms with Gasteiger partial charge in [0.15, 0.2) is 0 Å². The van der Waals surface area contributed by atoms with Crippen LogP contribution in [0, 0.1) is 0 Å². The lowest BCUT2D eigenvalue weighted by molar-refractivity contribution is -0.755. The molecule has 0 aliphatic rings. The zero-order valence-corrected chi connectivity index (χ0v) is 17.4. The second-order valence-corrected chi connectivity index (χ2v) is 7.24. The molecule has 0 aliphatic carbocycles. The van der Waals surface area contributed by atoms with Gasteiger partial charge in [0.05, 0.1) is 6.42 Å². The van der Waals surface area contributed by atoms with E-state index < -0.39 is 0 Å². The second-order valence-electron chi connectivity index (χ2n) is 7.24. The standard InChI is InChI=1S/C21H43N4/c1-5-8-10-12-14-16-18-20-23-24(7-3)21(25(20)22-4)19-17-15-13-11-9-6-2/h22H,5-19H2,1-4H3/q+1. The van der Waals surface area contributed by atoms with Crippen LogP contribution < -0.4 is 10.1 Å². The Hall–Kier alpha value is -1.06. The van der Waals surface area contributed by atoms with Crippen molar-refractivity contribution in [1.82, 2.24) is 9.77 Å². The summed E-state index contributed by atoms with van der Waals surface area (Å²) in [5, 5.41) is 4.88. The summed E-state index contributed by atoms with van der Waals surface area (Å²) in [6, 6.07) is 0. The molecule has 1 rings (SSSR count). The number of aromatic nitrogens is 3. The van der Waals surface area contributed by atoms with Gasteiger partial charge in [-0.05, 0) is 24.9 Å². The molecule has 1 aromatic heterocycles. The molecule has 4 nitrogen and oxygen atoms in total. The first-order chi connectivity index (χ1) is 12.3. The minimum atomic E-state index is 0.962. The number of hydrogen-bond acceptors (Lipinski definition) is 2. The summed E-state index contributed by atoms with van der Waals surface area (Å²) in [4.78, 5) is 0. The van der Waals surface area contributed by atoms with Crippen LogP contribution in [0.25, 0.3) is 0 Å². The van der Waals surface area contributed by atoms with E-state index in [1.807, 2.05) is 7.05 Å². The van der Waals surface area contributed by atoms with Gasteiger partial charge in [0.2, 0.25) is 0 Å². The van der Waals surface area contributed by atoms with Crippen molar-refractivity contribution in [1.29, 1.82) is 0 Å². The molecule has 0 saturated heterocycles. The van der Waals surface area contributed by atoms with Crippen LogP contribution in [0.1, 0.15) is 109 Å². The number of nitrogens with zero attached hydrogens (tertiary/aromatic N) is 3. The van der Waals surface area contributed by atoms with Crippen LogP contribution in [0.5, 0.6) is 0 Å². The Bertz CT molecular complexity index is 439. The highest BCUT2D eigenvalue weighted by Gasteiger charge is 2.23. The Morgan fingerprint density at radius 1 is 0.760 bits per heavy atom. The van der Waals surface area contributed by atoms with E-state index in [-0.39, 0.29) is 0 Å². The van der Waals surface area contributed by atoms with E-state index in [4.69, 9.17) is 5.10 Å². The SMILES string of the molecule is CCCCCCCCc1n[n+](CC)c(CCCCCCCC)n1NC. The van der Waals surface area contributed by atoms with Crippen LogP contribution >= 0.6 is 0 Å². The van der Waals surface area contributed by atoms with Crippen molar-refractivity contribution in [2.75, 3.05) is 12.5 Å². The smallest absolute Gasteiger partial charge is 0.257 e. The quantitative estimate of drug-likeness (QED) is 0.329. The van der Waals surface area contributed by atoms with E-state index in [1.54, 1.807) is 0 Å². The number of aryl methyl sites for hydroxylation is 2. The summed E-state index contributed by atoms with van der Waals surface area (Å²) >= 11 is 0. The van der Waals surface area contributed by atoms with Crippen LogP contribution in [0.2, 0.25) is 0 Å². The molecule has 0 amide bonds. The summed E-state index contributed by atoms with van der Waals surface area (Å²) in [6.45, 7) is 7.72. The molecule has 146 valence electrons. The Morgan fingerprint density at radius 3 is 1.80 bits per heavy atom. The fourth-order valence-corrected chi connectivity index (χ4v) is 3.55. The van der Waals surface area contributed by atoms with E-state index in [1.165, 1.54) is 88.7 Å². The van der Waals surface area contributed by atoms with E-state index >= 15 is 0 Å². The number of unbranched alkanes of at least 4 members (excludes halogenated alkanes) is 10. The van der Waals surface area contributed by atoms with Crippen LogP contribution in [0.4, 0.5) is 0 Å². The first kappa shape index (κ1) is 22.0. The lowest BCUT2D eigenvalue weighted by Crippen LogP contribution is -2.40. The van der Waals surface area contributed by atoms with Crippen molar-refractivity contribution >= 4 is 0 Å². The molecule has 0 radical (unpaired) electrons. The Kier molecular flexibility index (Phi) is 12.4. The molecule has 0 bridgehead atoms. The molecule has 0 fully saturated rings. The molecule has 4 heteroatoms. The zero-order valence-electron chi connectivity index (χ0n) is 17.4. The van der Waals surface area contributed by atoms with E-state index in [9.17, 15) is 0 Å². The minimum Gasteiger partial charge on any atom is -0.257 e. The summed E-state index contributed by atoms with van der Waals surface area (Å²) in [5.41, 5.74) is 3.37. The molecule has 1 heterocycles. The van der Waals surface area contributed by atoms with Gasteiger partial charge in [-0.3, -0.25) is 5.43 Å². The summed E-state index contributed by atoms with van der Waals surface area (Å²) in [7, 11) is 2.02. The summed E-state index contributed by atoms with van der Waals surface area (Å²) < 4.78 is 4.45. The Morgan fingerprint density at radius 2 is 1.28 bits per heavy atom. The number of hydrogen-bond donors (Lipinski definition) is 1. The predicted octanol–water partition coefficient (Wildman–Crippen LogP) is 5.17. The molecule has 0 saturated carbocycles. The molecule has 1 N–H and O–H groups in total. The third-order valence-electron chi connectivity index (χ3n) is 5.08. The van der Waals surface area contributed by atoms with Crippen molar-refractivity contribution < 1.29 is 4.68 Å². The van der Waals surface area contributed by atoms with Crippen LogP contribution in [0.3, 0.4) is 0 Å². The molecule has 25 heavy (non-hydrogen) atoms. The van der Waals surface area contributed by atoms with Crippen LogP contribution in [0.15, 0.2) is 0 Å². The number of nitrogens with one attached hydrogen (secondary N) is 1. The normalized spacial score (nSPS) is 11.2. The third-order valence-corrected chi connectivity index (χ3v) is 5.08. The van der Waals surface area contributed by atoms with Crippen molar-refractivity contribution in [3.8, 4) is 0 Å². The highest BCUT2D eigenvalue weighted by Crippen LogP contribution is 2.11. The van der Waals surface area contributed by atoms with Crippen LogP contribution in [-0.2, 0) is 19.4 Å². The fourth-order valence-electron chi connectivity index (χ4n) is 3.55. The zero-order chi connectivity index (χ0) is 18.3. The van der Waals surface area contributed by atoms with Gasteiger partial charge in [0, 0.05) is 13.5 Å². The molecule has 1 aromatic rings. The van der Waals surface area contributed by atoms with Gasteiger partial charge < -0.3 is 0 Å². The average Bonchev–Trinajstić information content (AvgIpc) is 2.97. The first-order valence-corrected chi connectivity index (χ1v) is 11.0. The lowest BCUT2D eigenvalue weighted by atomic mass is 10.1. The first-order valence-electron chi connectivity index (χ1n) is 11.0. The number of rotatable bonds is 16. The van der Waals surface area contributed by atoms with Gasteiger partial charge in [-0.15, -0.1) is 9.36 Å². The van der Waals surface area contributed by atoms with Gasteiger partial charge in [-0.2, -0.15) is 0 Å². The highest BCUT2D eigenvalue weighted by atomic mass is 15.5. The predicted molar refractivity (Wildman–Crippen MR) is 108 cm³/mol. The highest BCUT2D eigenvalue weighted by molar-refractivity contribution is 4.94. The molecule has 0 spiro atoms. The van der Waals surface area contributed by atoms with Crippen molar-refractivity contribution in [3.05, 3.63) is 11.6 Å². The van der Waals surface area contributed by atoms with Gasteiger partial charge >= 0.3 is 5.82 Å². The second kappa shape index (κ2) is 14.1. The topological polar surface area (TPSA) is 33.7 Å². The van der Waals surface area contributed by atoms with Gasteiger partial charge in [0.25, 0.3) is 5.82 Å². The lowest BCUT2D eigenvalue weighted by Gasteiger charge is -2.03. The molecule has 0 unspecified atom stereocenters. The van der Waals surface area contributed by atoms with E-state index in [2.05, 4.69) is 35.6 Å². The largest absolute Gasteiger partial charge is 0.302 e. The molecular weight excluding hydrogens is 308 g/mol. The Balaban J connectivity index is 2.49. The summed E-state index contributed by atoms with van der Waals surface area (Å²) in [6.07, 6.45) is 18.3. The average molecular weight is 352 g/mol. The maximum Gasteiger partial charge on any atom is 0.302 e. The minimum absolute atomic E-state index is 0.962. The molecule has 0 atom stereocenters.